The van der Waals surface area contributed by atoms with E-state index in [4.69, 9.17) is 14.6 Å². The molecular weight excluding hydrogens is 424 g/mol. The number of ether oxygens (including phenoxy) is 1. The zero-order chi connectivity index (χ0) is 23.5. The number of carbonyl (C=O) groups excluding carboxylic acids is 1. The highest BCUT2D eigenvalue weighted by atomic mass is 16.5. The van der Waals surface area contributed by atoms with Gasteiger partial charge in [-0.3, -0.25) is 14.4 Å². The van der Waals surface area contributed by atoms with E-state index in [0.29, 0.717) is 42.0 Å². The summed E-state index contributed by atoms with van der Waals surface area (Å²) in [5.74, 6) is 1.36. The quantitative estimate of drug-likeness (QED) is 0.660. The molecule has 2 aromatic rings. The maximum atomic E-state index is 13.2. The first-order valence-electron chi connectivity index (χ1n) is 11.6. The Bertz CT molecular complexity index is 1050. The Morgan fingerprint density at radius 3 is 2.58 bits per heavy atom. The number of aromatic nitrogens is 2. The molecular formula is C24H32N4O5. The van der Waals surface area contributed by atoms with E-state index >= 15 is 0 Å². The lowest BCUT2D eigenvalue weighted by Gasteiger charge is -2.41. The number of carbonyl (C=O) groups is 2. The minimum absolute atomic E-state index is 0.00181. The topological polar surface area (TPSA) is 116 Å². The summed E-state index contributed by atoms with van der Waals surface area (Å²) in [5, 5.41) is 6.89. The molecule has 33 heavy (non-hydrogen) atoms. The first kappa shape index (κ1) is 23.4. The Morgan fingerprint density at radius 1 is 1.24 bits per heavy atom. The van der Waals surface area contributed by atoms with E-state index in [2.05, 4.69) is 29.0 Å². The van der Waals surface area contributed by atoms with Crippen LogP contribution in [0.3, 0.4) is 0 Å². The monoisotopic (exact) mass is 456 g/mol. The fraction of sp³-hybridized carbons (Fsp3) is 0.583. The van der Waals surface area contributed by atoms with Crippen molar-refractivity contribution in [3.8, 4) is 0 Å². The van der Waals surface area contributed by atoms with Gasteiger partial charge in [-0.05, 0) is 69.7 Å². The molecule has 0 bridgehead atoms. The molecule has 2 heterocycles. The third kappa shape index (κ3) is 5.25. The van der Waals surface area contributed by atoms with Crippen molar-refractivity contribution in [2.75, 3.05) is 33.8 Å². The number of nitrogens with one attached hydrogen (secondary N) is 1. The van der Waals surface area contributed by atoms with Crippen LogP contribution in [0.2, 0.25) is 0 Å². The molecule has 2 aliphatic carbocycles. The standard InChI is InChI=1S/C23H30N4O3.CH2O2/c1-26(2)19-9-15-11-27(12-16(15)10-20(19)30-13-14-7-8-14)23(29)21-22(28)25-18-6-4-3-5-17(18)24-21;2-1-3/h3-6,14-16,19-20H,7-13H2,1-2H3,(H,25,28);1H,(H,2,3)/t15-,16+,19-,20-;/m1./s1. The largest absolute Gasteiger partial charge is 0.483 e. The van der Waals surface area contributed by atoms with Crippen molar-refractivity contribution in [3.63, 3.8) is 0 Å². The van der Waals surface area contributed by atoms with Gasteiger partial charge in [-0.15, -0.1) is 0 Å². The van der Waals surface area contributed by atoms with Gasteiger partial charge in [-0.25, -0.2) is 4.98 Å². The predicted octanol–water partition coefficient (Wildman–Crippen LogP) is 1.83. The van der Waals surface area contributed by atoms with E-state index in [1.807, 2.05) is 23.1 Å². The van der Waals surface area contributed by atoms with Crippen molar-refractivity contribution < 1.29 is 19.4 Å². The Labute approximate surface area is 192 Å². The molecule has 0 unspecified atom stereocenters. The number of hydrogen-bond donors (Lipinski definition) is 2. The molecule has 9 heteroatoms. The van der Waals surface area contributed by atoms with Crippen LogP contribution >= 0.6 is 0 Å². The smallest absolute Gasteiger partial charge is 0.290 e. The summed E-state index contributed by atoms with van der Waals surface area (Å²) in [6.07, 6.45) is 4.81. The van der Waals surface area contributed by atoms with Gasteiger partial charge in [0, 0.05) is 25.7 Å². The molecule has 178 valence electrons. The number of rotatable bonds is 5. The van der Waals surface area contributed by atoms with Crippen molar-refractivity contribution in [2.24, 2.45) is 17.8 Å². The minimum Gasteiger partial charge on any atom is -0.483 e. The number of para-hydroxylation sites is 2. The van der Waals surface area contributed by atoms with E-state index in [-0.39, 0.29) is 24.2 Å². The first-order valence-corrected chi connectivity index (χ1v) is 11.6. The van der Waals surface area contributed by atoms with Gasteiger partial charge in [0.15, 0.2) is 5.69 Å². The molecule has 3 aliphatic rings. The van der Waals surface area contributed by atoms with Gasteiger partial charge < -0.3 is 24.6 Å². The predicted molar refractivity (Wildman–Crippen MR) is 123 cm³/mol. The van der Waals surface area contributed by atoms with Crippen molar-refractivity contribution in [1.29, 1.82) is 0 Å². The van der Waals surface area contributed by atoms with Crippen LogP contribution in [0.4, 0.5) is 0 Å². The van der Waals surface area contributed by atoms with Crippen molar-refractivity contribution in [2.45, 2.75) is 37.8 Å². The van der Waals surface area contributed by atoms with Gasteiger partial charge in [-0.1, -0.05) is 12.1 Å². The van der Waals surface area contributed by atoms with Crippen molar-refractivity contribution in [1.82, 2.24) is 19.8 Å². The highest BCUT2D eigenvalue weighted by molar-refractivity contribution is 5.93. The molecule has 1 aromatic carbocycles. The molecule has 1 aromatic heterocycles. The molecule has 1 saturated heterocycles. The summed E-state index contributed by atoms with van der Waals surface area (Å²) in [4.78, 5) is 45.3. The average molecular weight is 457 g/mol. The first-order chi connectivity index (χ1) is 15.9. The molecule has 4 atom stereocenters. The summed E-state index contributed by atoms with van der Waals surface area (Å²) in [6, 6.07) is 7.69. The second-order valence-electron chi connectivity index (χ2n) is 9.58. The zero-order valence-electron chi connectivity index (χ0n) is 19.1. The lowest BCUT2D eigenvalue weighted by molar-refractivity contribution is -0.122. The van der Waals surface area contributed by atoms with Crippen molar-refractivity contribution >= 4 is 23.4 Å². The SMILES string of the molecule is CN(C)[C@@H]1C[C@@H]2CN(C(=O)c3nc4ccccc4[nH]c3=O)C[C@@H]2C[C@H]1OCC1CC1.O=CO. The number of aromatic amines is 1. The normalized spacial score (nSPS) is 26.6. The molecule has 2 N–H and O–H groups in total. The summed E-state index contributed by atoms with van der Waals surface area (Å²) in [6.45, 7) is 1.99. The van der Waals surface area contributed by atoms with E-state index in [0.717, 1.165) is 25.4 Å². The molecule has 1 aliphatic heterocycles. The summed E-state index contributed by atoms with van der Waals surface area (Å²) >= 11 is 0. The summed E-state index contributed by atoms with van der Waals surface area (Å²) < 4.78 is 6.32. The zero-order valence-corrected chi connectivity index (χ0v) is 19.1. The van der Waals surface area contributed by atoms with Crippen molar-refractivity contribution in [3.05, 3.63) is 40.3 Å². The fourth-order valence-electron chi connectivity index (χ4n) is 5.15. The van der Waals surface area contributed by atoms with Crippen LogP contribution in [0.1, 0.15) is 36.2 Å². The van der Waals surface area contributed by atoms with Crippen LogP contribution in [0.15, 0.2) is 29.1 Å². The maximum absolute atomic E-state index is 13.2. The molecule has 2 saturated carbocycles. The fourth-order valence-corrected chi connectivity index (χ4v) is 5.15. The van der Waals surface area contributed by atoms with Crippen LogP contribution in [0, 0.1) is 17.8 Å². The van der Waals surface area contributed by atoms with Crippen LogP contribution < -0.4 is 5.56 Å². The number of amides is 1. The van der Waals surface area contributed by atoms with Gasteiger partial charge in [0.05, 0.1) is 17.1 Å². The third-order valence-corrected chi connectivity index (χ3v) is 7.08. The van der Waals surface area contributed by atoms with Gasteiger partial charge in [0.25, 0.3) is 17.9 Å². The van der Waals surface area contributed by atoms with E-state index in [1.165, 1.54) is 12.8 Å². The number of carboxylic acid groups (broad SMARTS) is 1. The number of H-pyrrole nitrogens is 1. The summed E-state index contributed by atoms with van der Waals surface area (Å²) in [5.41, 5.74) is 0.875. The van der Waals surface area contributed by atoms with Gasteiger partial charge in [0.1, 0.15) is 0 Å². The van der Waals surface area contributed by atoms with E-state index < -0.39 is 5.56 Å². The minimum atomic E-state index is -0.412. The van der Waals surface area contributed by atoms with Crippen LogP contribution in [0.25, 0.3) is 11.0 Å². The Kier molecular flexibility index (Phi) is 7.09. The Balaban J connectivity index is 0.000000821. The molecule has 9 nitrogen and oxygen atoms in total. The highest BCUT2D eigenvalue weighted by Crippen LogP contribution is 2.40. The Hall–Kier alpha value is -2.78. The van der Waals surface area contributed by atoms with Gasteiger partial charge in [-0.2, -0.15) is 0 Å². The highest BCUT2D eigenvalue weighted by Gasteiger charge is 2.45. The second-order valence-corrected chi connectivity index (χ2v) is 9.58. The maximum Gasteiger partial charge on any atom is 0.290 e. The van der Waals surface area contributed by atoms with Crippen LogP contribution in [-0.4, -0.2) is 83.2 Å². The number of nitrogens with zero attached hydrogens (tertiary/aromatic N) is 3. The second kappa shape index (κ2) is 10.0. The number of hydrogen-bond acceptors (Lipinski definition) is 6. The van der Waals surface area contributed by atoms with Gasteiger partial charge in [0.2, 0.25) is 0 Å². The molecule has 3 fully saturated rings. The molecule has 1 amide bonds. The lowest BCUT2D eigenvalue weighted by atomic mass is 9.77. The van der Waals surface area contributed by atoms with E-state index in [9.17, 15) is 9.59 Å². The number of fused-ring (bicyclic) bond motifs is 2. The van der Waals surface area contributed by atoms with Crippen LogP contribution in [0.5, 0.6) is 0 Å². The molecule has 0 radical (unpaired) electrons. The molecule has 5 rings (SSSR count). The van der Waals surface area contributed by atoms with E-state index in [1.54, 1.807) is 6.07 Å². The number of likely N-dealkylation sites (N-methyl/N-ethyl adjacent to an activating group) is 1. The van der Waals surface area contributed by atoms with Crippen LogP contribution in [-0.2, 0) is 9.53 Å². The average Bonchev–Trinajstić information content (AvgIpc) is 3.53. The number of benzene rings is 1. The lowest BCUT2D eigenvalue weighted by Crippen LogP contribution is -2.48. The number of likely N-dealkylation sites (tertiary alicyclic amines) is 1. The third-order valence-electron chi connectivity index (χ3n) is 7.08. The van der Waals surface area contributed by atoms with Gasteiger partial charge >= 0.3 is 0 Å². The summed E-state index contributed by atoms with van der Waals surface area (Å²) in [7, 11) is 4.24. The molecule has 0 spiro atoms. The Morgan fingerprint density at radius 2 is 1.91 bits per heavy atom.